The quantitative estimate of drug-likeness (QED) is 0.908. The first-order valence-electron chi connectivity index (χ1n) is 6.53. The molecule has 0 aromatic heterocycles. The number of hydrogen-bond acceptors (Lipinski definition) is 3. The van der Waals surface area contributed by atoms with Crippen molar-refractivity contribution < 1.29 is 8.42 Å². The number of benzene rings is 1. The summed E-state index contributed by atoms with van der Waals surface area (Å²) in [7, 11) is -2.94. The summed E-state index contributed by atoms with van der Waals surface area (Å²) in [5.41, 5.74) is 2.62. The van der Waals surface area contributed by atoms with Crippen LogP contribution in [0.2, 0.25) is 0 Å². The highest BCUT2D eigenvalue weighted by Crippen LogP contribution is 2.25. The maximum Gasteiger partial charge on any atom is 0.152 e. The summed E-state index contributed by atoms with van der Waals surface area (Å²) in [4.78, 5) is 0. The van der Waals surface area contributed by atoms with Crippen LogP contribution >= 0.6 is 0 Å². The lowest BCUT2D eigenvalue weighted by molar-refractivity contribution is 0.488. The molecule has 1 aromatic rings. The van der Waals surface area contributed by atoms with Crippen LogP contribution in [-0.4, -0.2) is 26.0 Å². The molecule has 0 amide bonds. The van der Waals surface area contributed by atoms with Crippen LogP contribution in [0, 0.1) is 0 Å². The highest BCUT2D eigenvalue weighted by atomic mass is 32.2. The van der Waals surface area contributed by atoms with Crippen molar-refractivity contribution in [1.29, 1.82) is 0 Å². The second kappa shape index (κ2) is 5.41. The Labute approximate surface area is 110 Å². The molecular formula is C14H21NO2S. The van der Waals surface area contributed by atoms with Crippen molar-refractivity contribution in [2.45, 2.75) is 38.0 Å². The van der Waals surface area contributed by atoms with Gasteiger partial charge in [-0.2, -0.15) is 0 Å². The summed E-state index contributed by atoms with van der Waals surface area (Å²) in [5, 5.41) is 3.14. The molecule has 0 fully saturated rings. The van der Waals surface area contributed by atoms with E-state index >= 15 is 0 Å². The minimum atomic E-state index is -2.94. The monoisotopic (exact) mass is 267 g/mol. The predicted molar refractivity (Wildman–Crippen MR) is 74.4 cm³/mol. The van der Waals surface area contributed by atoms with Gasteiger partial charge in [-0.1, -0.05) is 24.3 Å². The van der Waals surface area contributed by atoms with Gasteiger partial charge in [-0.15, -0.1) is 0 Å². The van der Waals surface area contributed by atoms with Gasteiger partial charge >= 0.3 is 0 Å². The van der Waals surface area contributed by atoms with Crippen molar-refractivity contribution in [3.63, 3.8) is 0 Å². The molecule has 4 heteroatoms. The Bertz CT molecular complexity index is 508. The molecule has 1 heterocycles. The van der Waals surface area contributed by atoms with Crippen LogP contribution in [0.4, 0.5) is 0 Å². The van der Waals surface area contributed by atoms with E-state index in [4.69, 9.17) is 0 Å². The van der Waals surface area contributed by atoms with E-state index in [2.05, 4.69) is 17.4 Å². The molecule has 1 unspecified atom stereocenters. The first-order valence-corrected chi connectivity index (χ1v) is 8.25. The zero-order valence-electron chi connectivity index (χ0n) is 11.0. The van der Waals surface area contributed by atoms with Gasteiger partial charge < -0.3 is 5.32 Å². The minimum Gasteiger partial charge on any atom is -0.310 e. The highest BCUT2D eigenvalue weighted by molar-refractivity contribution is 7.91. The Balaban J connectivity index is 2.09. The van der Waals surface area contributed by atoms with Gasteiger partial charge in [0.1, 0.15) is 0 Å². The van der Waals surface area contributed by atoms with Gasteiger partial charge in [0.15, 0.2) is 9.84 Å². The molecule has 18 heavy (non-hydrogen) atoms. The topological polar surface area (TPSA) is 46.2 Å². The van der Waals surface area contributed by atoms with Gasteiger partial charge in [-0.25, -0.2) is 8.42 Å². The molecule has 2 rings (SSSR count). The largest absolute Gasteiger partial charge is 0.310 e. The van der Waals surface area contributed by atoms with E-state index in [1.165, 1.54) is 11.1 Å². The van der Waals surface area contributed by atoms with Gasteiger partial charge in [-0.05, 0) is 44.4 Å². The summed E-state index contributed by atoms with van der Waals surface area (Å²) < 4.78 is 23.7. The van der Waals surface area contributed by atoms with Crippen LogP contribution in [0.3, 0.4) is 0 Å². The molecule has 1 atom stereocenters. The van der Waals surface area contributed by atoms with E-state index < -0.39 is 9.84 Å². The number of hydrogen-bond donors (Lipinski definition) is 1. The molecule has 3 nitrogen and oxygen atoms in total. The molecule has 1 aliphatic rings. The van der Waals surface area contributed by atoms with Crippen LogP contribution in [0.5, 0.6) is 0 Å². The lowest BCUT2D eigenvalue weighted by Crippen LogP contribution is -2.32. The molecule has 0 saturated heterocycles. The molecular weight excluding hydrogens is 246 g/mol. The zero-order valence-corrected chi connectivity index (χ0v) is 11.8. The van der Waals surface area contributed by atoms with E-state index in [1.54, 1.807) is 13.8 Å². The van der Waals surface area contributed by atoms with Crippen molar-refractivity contribution in [2.75, 3.05) is 12.3 Å². The second-order valence-corrected chi connectivity index (χ2v) is 7.84. The Morgan fingerprint density at radius 2 is 2.06 bits per heavy atom. The molecule has 0 saturated carbocycles. The smallest absolute Gasteiger partial charge is 0.152 e. The fourth-order valence-corrected chi connectivity index (χ4v) is 3.40. The average molecular weight is 267 g/mol. The van der Waals surface area contributed by atoms with Gasteiger partial charge in [-0.3, -0.25) is 0 Å². The number of fused-ring (bicyclic) bond motifs is 1. The molecule has 0 aliphatic carbocycles. The van der Waals surface area contributed by atoms with Crippen LogP contribution in [0.1, 0.15) is 37.4 Å². The zero-order chi connectivity index (χ0) is 13.2. The van der Waals surface area contributed by atoms with Crippen molar-refractivity contribution in [2.24, 2.45) is 0 Å². The molecule has 0 radical (unpaired) electrons. The Hall–Kier alpha value is -0.870. The van der Waals surface area contributed by atoms with E-state index in [9.17, 15) is 8.42 Å². The van der Waals surface area contributed by atoms with Crippen LogP contribution in [0.15, 0.2) is 24.3 Å². The molecule has 1 N–H and O–H groups in total. The number of nitrogens with one attached hydrogen (secondary N) is 1. The summed E-state index contributed by atoms with van der Waals surface area (Å²) in [6.07, 6.45) is 1.70. The van der Waals surface area contributed by atoms with E-state index in [0.717, 1.165) is 13.0 Å². The summed E-state index contributed by atoms with van der Waals surface area (Å²) in [5.74, 6) is 0.261. The normalized spacial score (nSPS) is 19.8. The SMILES string of the molecule is CC(C)S(=O)(=O)CCC1NCCc2ccccc21. The Morgan fingerprint density at radius 1 is 1.33 bits per heavy atom. The molecule has 1 aliphatic heterocycles. The third-order valence-electron chi connectivity index (χ3n) is 3.62. The highest BCUT2D eigenvalue weighted by Gasteiger charge is 2.23. The second-order valence-electron chi connectivity index (χ2n) is 5.16. The van der Waals surface area contributed by atoms with E-state index in [1.807, 2.05) is 12.1 Å². The summed E-state index contributed by atoms with van der Waals surface area (Å²) >= 11 is 0. The minimum absolute atomic E-state index is 0.184. The summed E-state index contributed by atoms with van der Waals surface area (Å²) in [6, 6.07) is 8.50. The van der Waals surface area contributed by atoms with Crippen molar-refractivity contribution in [1.82, 2.24) is 5.32 Å². The predicted octanol–water partition coefficient (Wildman–Crippen LogP) is 2.09. The molecule has 0 spiro atoms. The van der Waals surface area contributed by atoms with Gasteiger partial charge in [0, 0.05) is 6.04 Å². The average Bonchev–Trinajstić information content (AvgIpc) is 2.36. The maximum absolute atomic E-state index is 11.9. The van der Waals surface area contributed by atoms with Gasteiger partial charge in [0.2, 0.25) is 0 Å². The fourth-order valence-electron chi connectivity index (χ4n) is 2.37. The Morgan fingerprint density at radius 3 is 2.78 bits per heavy atom. The van der Waals surface area contributed by atoms with Crippen molar-refractivity contribution in [3.05, 3.63) is 35.4 Å². The summed E-state index contributed by atoms with van der Waals surface area (Å²) in [6.45, 7) is 4.43. The van der Waals surface area contributed by atoms with Gasteiger partial charge in [0.05, 0.1) is 11.0 Å². The van der Waals surface area contributed by atoms with Crippen LogP contribution in [-0.2, 0) is 16.3 Å². The number of rotatable bonds is 4. The van der Waals surface area contributed by atoms with Crippen LogP contribution < -0.4 is 5.32 Å². The first kappa shape index (κ1) is 13.6. The molecule has 0 bridgehead atoms. The first-order chi connectivity index (χ1) is 8.50. The van der Waals surface area contributed by atoms with Crippen LogP contribution in [0.25, 0.3) is 0 Å². The standard InChI is InChI=1S/C14H21NO2S/c1-11(2)18(16,17)10-8-14-13-6-4-3-5-12(13)7-9-15-14/h3-6,11,14-15H,7-10H2,1-2H3. The lowest BCUT2D eigenvalue weighted by atomic mass is 9.93. The third kappa shape index (κ3) is 2.93. The lowest BCUT2D eigenvalue weighted by Gasteiger charge is -2.27. The van der Waals surface area contributed by atoms with E-state index in [-0.39, 0.29) is 17.0 Å². The molecule has 1 aromatic carbocycles. The maximum atomic E-state index is 11.9. The van der Waals surface area contributed by atoms with Crippen molar-refractivity contribution >= 4 is 9.84 Å². The Kier molecular flexibility index (Phi) is 4.07. The third-order valence-corrected chi connectivity index (χ3v) is 5.87. The van der Waals surface area contributed by atoms with E-state index in [0.29, 0.717) is 6.42 Å². The number of sulfone groups is 1. The van der Waals surface area contributed by atoms with Crippen molar-refractivity contribution in [3.8, 4) is 0 Å². The fraction of sp³-hybridized carbons (Fsp3) is 0.571. The van der Waals surface area contributed by atoms with Gasteiger partial charge in [0.25, 0.3) is 0 Å². The molecule has 100 valence electrons.